The molecule has 0 atom stereocenters. The largest absolute Gasteiger partial charge is 0.279 e. The number of rotatable bonds is 1. The van der Waals surface area contributed by atoms with Crippen LogP contribution in [0.1, 0.15) is 41.6 Å². The highest BCUT2D eigenvalue weighted by molar-refractivity contribution is 6.05. The van der Waals surface area contributed by atoms with Crippen molar-refractivity contribution in [2.75, 3.05) is 6.54 Å². The predicted molar refractivity (Wildman–Crippen MR) is 65.7 cm³/mol. The maximum atomic E-state index is 12.3. The highest BCUT2D eigenvalue weighted by Gasteiger charge is 2.24. The van der Waals surface area contributed by atoms with Gasteiger partial charge in [-0.15, -0.1) is 0 Å². The SMILES string of the molecule is Cc1ccccc1C(=O)N1CCCCCC1=O. The van der Waals surface area contributed by atoms with Gasteiger partial charge < -0.3 is 0 Å². The number of carbonyl (C=O) groups excluding carboxylic acids is 2. The molecule has 2 amide bonds. The van der Waals surface area contributed by atoms with Crippen LogP contribution in [0.25, 0.3) is 0 Å². The van der Waals surface area contributed by atoms with Gasteiger partial charge >= 0.3 is 0 Å². The lowest BCUT2D eigenvalue weighted by atomic mass is 10.1. The molecule has 1 heterocycles. The lowest BCUT2D eigenvalue weighted by Crippen LogP contribution is -2.36. The van der Waals surface area contributed by atoms with Gasteiger partial charge in [0.2, 0.25) is 5.91 Å². The molecule has 3 heteroatoms. The Morgan fingerprint density at radius 2 is 1.94 bits per heavy atom. The van der Waals surface area contributed by atoms with E-state index in [-0.39, 0.29) is 11.8 Å². The zero-order valence-electron chi connectivity index (χ0n) is 10.1. The zero-order valence-corrected chi connectivity index (χ0v) is 10.1. The number of imide groups is 1. The van der Waals surface area contributed by atoms with Crippen LogP contribution in [-0.2, 0) is 4.79 Å². The van der Waals surface area contributed by atoms with Gasteiger partial charge in [-0.3, -0.25) is 14.5 Å². The third-order valence-electron chi connectivity index (χ3n) is 3.19. The van der Waals surface area contributed by atoms with Crippen LogP contribution in [0.2, 0.25) is 0 Å². The van der Waals surface area contributed by atoms with Crippen molar-refractivity contribution in [2.24, 2.45) is 0 Å². The van der Waals surface area contributed by atoms with Gasteiger partial charge in [0.15, 0.2) is 0 Å². The quantitative estimate of drug-likeness (QED) is 0.696. The van der Waals surface area contributed by atoms with Crippen molar-refractivity contribution >= 4 is 11.8 Å². The average Bonchev–Trinajstić information content (AvgIpc) is 2.54. The minimum Gasteiger partial charge on any atom is -0.279 e. The number of amides is 2. The van der Waals surface area contributed by atoms with Crippen LogP contribution in [0.4, 0.5) is 0 Å². The van der Waals surface area contributed by atoms with Gasteiger partial charge in [0.1, 0.15) is 0 Å². The first-order valence-corrected chi connectivity index (χ1v) is 6.10. The van der Waals surface area contributed by atoms with Crippen LogP contribution < -0.4 is 0 Å². The Morgan fingerprint density at radius 1 is 1.18 bits per heavy atom. The monoisotopic (exact) mass is 231 g/mol. The third-order valence-corrected chi connectivity index (χ3v) is 3.19. The van der Waals surface area contributed by atoms with Crippen molar-refractivity contribution in [3.63, 3.8) is 0 Å². The Morgan fingerprint density at radius 3 is 2.71 bits per heavy atom. The fraction of sp³-hybridized carbons (Fsp3) is 0.429. The fourth-order valence-corrected chi connectivity index (χ4v) is 2.16. The van der Waals surface area contributed by atoms with E-state index in [4.69, 9.17) is 0 Å². The molecule has 1 aromatic rings. The molecule has 0 unspecified atom stereocenters. The van der Waals surface area contributed by atoms with Gasteiger partial charge in [0.05, 0.1) is 0 Å². The minimum atomic E-state index is -0.144. The van der Waals surface area contributed by atoms with Crippen LogP contribution in [0.3, 0.4) is 0 Å². The zero-order chi connectivity index (χ0) is 12.3. The van der Waals surface area contributed by atoms with Crippen molar-refractivity contribution in [1.29, 1.82) is 0 Å². The molecule has 0 N–H and O–H groups in total. The lowest BCUT2D eigenvalue weighted by molar-refractivity contribution is -0.128. The summed E-state index contributed by atoms with van der Waals surface area (Å²) in [7, 11) is 0. The number of hydrogen-bond donors (Lipinski definition) is 0. The molecule has 0 radical (unpaired) electrons. The van der Waals surface area contributed by atoms with Crippen LogP contribution in [-0.4, -0.2) is 23.3 Å². The van der Waals surface area contributed by atoms with E-state index in [0.29, 0.717) is 18.5 Å². The van der Waals surface area contributed by atoms with Crippen molar-refractivity contribution < 1.29 is 9.59 Å². The summed E-state index contributed by atoms with van der Waals surface area (Å²) in [6.45, 7) is 2.46. The Kier molecular flexibility index (Phi) is 3.57. The summed E-state index contributed by atoms with van der Waals surface area (Å²) < 4.78 is 0. The van der Waals surface area contributed by atoms with Crippen LogP contribution in [0, 0.1) is 6.92 Å². The van der Waals surface area contributed by atoms with Gasteiger partial charge in [0.25, 0.3) is 5.91 Å². The Hall–Kier alpha value is -1.64. The first-order chi connectivity index (χ1) is 8.20. The van der Waals surface area contributed by atoms with Crippen molar-refractivity contribution in [2.45, 2.75) is 32.6 Å². The summed E-state index contributed by atoms with van der Waals surface area (Å²) in [6, 6.07) is 7.42. The van der Waals surface area contributed by atoms with Crippen molar-refractivity contribution in [3.05, 3.63) is 35.4 Å². The summed E-state index contributed by atoms with van der Waals surface area (Å²) in [5.41, 5.74) is 1.57. The summed E-state index contributed by atoms with van der Waals surface area (Å²) in [6.07, 6.45) is 3.35. The second kappa shape index (κ2) is 5.13. The molecule has 3 nitrogen and oxygen atoms in total. The van der Waals surface area contributed by atoms with Crippen LogP contribution in [0.5, 0.6) is 0 Å². The molecule has 1 aliphatic heterocycles. The van der Waals surface area contributed by atoms with E-state index < -0.39 is 0 Å². The molecule has 1 aliphatic rings. The van der Waals surface area contributed by atoms with Crippen LogP contribution >= 0.6 is 0 Å². The molecule has 17 heavy (non-hydrogen) atoms. The van der Waals surface area contributed by atoms with E-state index in [9.17, 15) is 9.59 Å². The summed E-state index contributed by atoms with van der Waals surface area (Å²) in [5, 5.41) is 0. The topological polar surface area (TPSA) is 37.4 Å². The average molecular weight is 231 g/mol. The van der Waals surface area contributed by atoms with Gasteiger partial charge in [-0.2, -0.15) is 0 Å². The first-order valence-electron chi connectivity index (χ1n) is 6.10. The molecular formula is C14H17NO2. The van der Waals surface area contributed by atoms with Gasteiger partial charge in [0, 0.05) is 18.5 Å². The molecule has 0 spiro atoms. The van der Waals surface area contributed by atoms with Crippen molar-refractivity contribution in [3.8, 4) is 0 Å². The van der Waals surface area contributed by atoms with E-state index in [1.165, 1.54) is 4.90 Å². The lowest BCUT2D eigenvalue weighted by Gasteiger charge is -2.19. The summed E-state index contributed by atoms with van der Waals surface area (Å²) >= 11 is 0. The van der Waals surface area contributed by atoms with Gasteiger partial charge in [-0.05, 0) is 31.4 Å². The van der Waals surface area contributed by atoms with E-state index >= 15 is 0 Å². The Bertz CT molecular complexity index is 440. The molecule has 90 valence electrons. The molecule has 1 aromatic carbocycles. The summed E-state index contributed by atoms with van der Waals surface area (Å²) in [5.74, 6) is -0.175. The number of hydrogen-bond acceptors (Lipinski definition) is 2. The molecule has 1 fully saturated rings. The third kappa shape index (κ3) is 2.54. The molecule has 0 aromatic heterocycles. The minimum absolute atomic E-state index is 0.0317. The standard InChI is InChI=1S/C14H17NO2/c1-11-7-4-5-8-12(11)14(17)15-10-6-2-3-9-13(15)16/h4-5,7-8H,2-3,6,9-10H2,1H3. The first kappa shape index (κ1) is 11.8. The van der Waals surface area contributed by atoms with E-state index in [0.717, 1.165) is 24.8 Å². The van der Waals surface area contributed by atoms with E-state index in [2.05, 4.69) is 0 Å². The molecule has 1 saturated heterocycles. The highest BCUT2D eigenvalue weighted by atomic mass is 16.2. The second-order valence-electron chi connectivity index (χ2n) is 4.48. The Labute approximate surface area is 101 Å². The molecule has 2 rings (SSSR count). The van der Waals surface area contributed by atoms with E-state index in [1.54, 1.807) is 6.07 Å². The van der Waals surface area contributed by atoms with Gasteiger partial charge in [-0.1, -0.05) is 24.6 Å². The van der Waals surface area contributed by atoms with Crippen LogP contribution in [0.15, 0.2) is 24.3 Å². The maximum Gasteiger partial charge on any atom is 0.260 e. The highest BCUT2D eigenvalue weighted by Crippen LogP contribution is 2.16. The predicted octanol–water partition coefficient (Wildman–Crippen LogP) is 2.54. The molecule has 0 aliphatic carbocycles. The summed E-state index contributed by atoms with van der Waals surface area (Å²) in [4.78, 5) is 25.5. The molecule has 0 saturated carbocycles. The number of carbonyl (C=O) groups is 2. The fourth-order valence-electron chi connectivity index (χ4n) is 2.16. The van der Waals surface area contributed by atoms with Gasteiger partial charge in [-0.25, -0.2) is 0 Å². The number of likely N-dealkylation sites (tertiary alicyclic amines) is 1. The van der Waals surface area contributed by atoms with Crippen molar-refractivity contribution in [1.82, 2.24) is 4.90 Å². The Balaban J connectivity index is 2.24. The molecular weight excluding hydrogens is 214 g/mol. The normalized spacial score (nSPS) is 16.8. The number of aryl methyl sites for hydroxylation is 1. The number of nitrogens with zero attached hydrogens (tertiary/aromatic N) is 1. The maximum absolute atomic E-state index is 12.3. The smallest absolute Gasteiger partial charge is 0.260 e. The molecule has 0 bridgehead atoms. The second-order valence-corrected chi connectivity index (χ2v) is 4.48. The number of benzene rings is 1. The van der Waals surface area contributed by atoms with E-state index in [1.807, 2.05) is 25.1 Å².